The van der Waals surface area contributed by atoms with Gasteiger partial charge >= 0.3 is 0 Å². The first-order chi connectivity index (χ1) is 11.0. The van der Waals surface area contributed by atoms with Crippen LogP contribution in [0.4, 0.5) is 11.4 Å². The molecule has 0 bridgehead atoms. The fourth-order valence-electron chi connectivity index (χ4n) is 2.76. The molecule has 2 aliphatic rings. The summed E-state index contributed by atoms with van der Waals surface area (Å²) in [6.45, 7) is 3.18. The summed E-state index contributed by atoms with van der Waals surface area (Å²) < 4.78 is 0. The fourth-order valence-corrected chi connectivity index (χ4v) is 3.04. The minimum absolute atomic E-state index is 0.0361. The Kier molecular flexibility index (Phi) is 4.33. The van der Waals surface area contributed by atoms with Crippen LogP contribution in [0.25, 0.3) is 0 Å². The molecule has 1 aliphatic heterocycles. The first-order valence-electron chi connectivity index (χ1n) is 7.53. The molecule has 1 aliphatic carbocycles. The van der Waals surface area contributed by atoms with Crippen molar-refractivity contribution >= 4 is 40.2 Å². The molecule has 1 aromatic rings. The largest absolute Gasteiger partial charge is 0.391 e. The third-order valence-electron chi connectivity index (χ3n) is 4.13. The van der Waals surface area contributed by atoms with Crippen LogP contribution in [0.1, 0.15) is 13.3 Å². The lowest BCUT2D eigenvalue weighted by molar-refractivity contribution is -0.114. The molecule has 23 heavy (non-hydrogen) atoms. The summed E-state index contributed by atoms with van der Waals surface area (Å²) in [5.74, 6) is -0.237. The van der Waals surface area contributed by atoms with E-state index in [9.17, 15) is 9.90 Å². The molecule has 1 heterocycles. The number of hydrogen-bond acceptors (Lipinski definition) is 5. The summed E-state index contributed by atoms with van der Waals surface area (Å²) in [7, 11) is 0. The number of aliphatic imine (C=N–C) groups is 1. The summed E-state index contributed by atoms with van der Waals surface area (Å²) in [5, 5.41) is 16.6. The van der Waals surface area contributed by atoms with Crippen molar-refractivity contribution in [3.63, 3.8) is 0 Å². The van der Waals surface area contributed by atoms with Crippen LogP contribution < -0.4 is 4.90 Å². The topological polar surface area (TPSA) is 76.8 Å². The van der Waals surface area contributed by atoms with E-state index in [2.05, 4.69) is 9.89 Å². The highest BCUT2D eigenvalue weighted by Gasteiger charge is 2.29. The lowest BCUT2D eigenvalue weighted by Gasteiger charge is -2.18. The van der Waals surface area contributed by atoms with Gasteiger partial charge in [-0.25, -0.2) is 4.99 Å². The maximum absolute atomic E-state index is 11.7. The molecule has 1 aromatic carbocycles. The monoisotopic (exact) mass is 331 g/mol. The molecular weight excluding hydrogens is 314 g/mol. The van der Waals surface area contributed by atoms with E-state index in [4.69, 9.17) is 17.0 Å². The second-order valence-electron chi connectivity index (χ2n) is 5.87. The van der Waals surface area contributed by atoms with Gasteiger partial charge in [0.25, 0.3) is 0 Å². The van der Waals surface area contributed by atoms with E-state index in [0.29, 0.717) is 23.5 Å². The van der Waals surface area contributed by atoms with Crippen LogP contribution in [0.5, 0.6) is 0 Å². The maximum atomic E-state index is 11.7. The zero-order chi connectivity index (χ0) is 16.6. The molecule has 0 aromatic heterocycles. The Hall–Kier alpha value is -1.98. The molecule has 2 N–H and O–H groups in total. The molecule has 1 saturated heterocycles. The first kappa shape index (κ1) is 15.9. The van der Waals surface area contributed by atoms with E-state index >= 15 is 0 Å². The lowest BCUT2D eigenvalue weighted by Crippen LogP contribution is -2.34. The van der Waals surface area contributed by atoms with Crippen molar-refractivity contribution in [1.82, 2.24) is 0 Å². The minimum atomic E-state index is -0.955. The summed E-state index contributed by atoms with van der Waals surface area (Å²) in [6.07, 6.45) is 2.13. The van der Waals surface area contributed by atoms with Crippen molar-refractivity contribution in [1.29, 1.82) is 5.41 Å². The number of carbonyl (C=O) groups excluding carboxylic acids is 1. The van der Waals surface area contributed by atoms with Crippen LogP contribution in [0.2, 0.25) is 0 Å². The summed E-state index contributed by atoms with van der Waals surface area (Å²) in [4.78, 5) is 18.3. The smallest absolute Gasteiger partial charge is 0.182 e. The quantitative estimate of drug-likeness (QED) is 0.817. The number of aliphatic hydroxyl groups excluding tert-OH is 1. The normalized spacial score (nSPS) is 26.8. The number of alkyl halides is 1. The summed E-state index contributed by atoms with van der Waals surface area (Å²) in [6, 6.07) is 7.62. The molecule has 3 rings (SSSR count). The highest BCUT2D eigenvalue weighted by molar-refractivity contribution is 6.63. The van der Waals surface area contributed by atoms with Gasteiger partial charge in [-0.1, -0.05) is 0 Å². The molecular formula is C17H18ClN3O2. The van der Waals surface area contributed by atoms with Gasteiger partial charge in [-0.3, -0.25) is 4.79 Å². The number of hydrogen-bond donors (Lipinski definition) is 2. The van der Waals surface area contributed by atoms with Gasteiger partial charge < -0.3 is 15.4 Å². The Balaban J connectivity index is 1.82. The van der Waals surface area contributed by atoms with Crippen LogP contribution in [0.3, 0.4) is 0 Å². The fraction of sp³-hybridized carbons (Fsp3) is 0.353. The van der Waals surface area contributed by atoms with Gasteiger partial charge in [0.05, 0.1) is 23.2 Å². The minimum Gasteiger partial charge on any atom is -0.391 e. The predicted molar refractivity (Wildman–Crippen MR) is 92.5 cm³/mol. The molecule has 2 atom stereocenters. The Labute approximate surface area is 139 Å². The van der Waals surface area contributed by atoms with Crippen LogP contribution in [-0.2, 0) is 4.79 Å². The Morgan fingerprint density at radius 2 is 2.04 bits per heavy atom. The average molecular weight is 332 g/mol. The first-order valence-corrected chi connectivity index (χ1v) is 7.96. The van der Waals surface area contributed by atoms with Crippen molar-refractivity contribution in [2.45, 2.75) is 24.8 Å². The van der Waals surface area contributed by atoms with E-state index in [1.807, 2.05) is 24.3 Å². The van der Waals surface area contributed by atoms with E-state index in [0.717, 1.165) is 18.7 Å². The van der Waals surface area contributed by atoms with Gasteiger partial charge in [0.1, 0.15) is 5.38 Å². The van der Waals surface area contributed by atoms with Crippen molar-refractivity contribution in [2.75, 3.05) is 18.0 Å². The number of anilines is 1. The molecule has 5 nitrogen and oxygen atoms in total. The number of Topliss-reactive ketones (excluding diaryl/α,β-unsaturated/α-hetero) is 1. The zero-order valence-corrected chi connectivity index (χ0v) is 13.5. The number of ketones is 1. The number of rotatable bonds is 2. The van der Waals surface area contributed by atoms with E-state index in [1.54, 1.807) is 13.0 Å². The standard InChI is InChI=1S/C17H18ClN3O2/c1-10-8-14(16(19)15(18)17(10)23)20-11-2-4-12(5-3-11)21-7-6-13(22)9-21/h2-5,8,13,15,19,22H,6-7,9H2,1H3. The van der Waals surface area contributed by atoms with E-state index in [1.165, 1.54) is 0 Å². The Morgan fingerprint density at radius 3 is 2.65 bits per heavy atom. The van der Waals surface area contributed by atoms with Crippen LogP contribution in [-0.4, -0.2) is 46.9 Å². The van der Waals surface area contributed by atoms with Crippen molar-refractivity contribution < 1.29 is 9.90 Å². The van der Waals surface area contributed by atoms with Gasteiger partial charge in [0, 0.05) is 18.8 Å². The molecule has 0 spiro atoms. The van der Waals surface area contributed by atoms with E-state index in [-0.39, 0.29) is 17.6 Å². The maximum Gasteiger partial charge on any atom is 0.182 e. The zero-order valence-electron chi connectivity index (χ0n) is 12.8. The van der Waals surface area contributed by atoms with Crippen molar-refractivity contribution in [2.24, 2.45) is 4.99 Å². The number of carbonyl (C=O) groups is 1. The van der Waals surface area contributed by atoms with Crippen LogP contribution >= 0.6 is 11.6 Å². The van der Waals surface area contributed by atoms with Crippen molar-refractivity contribution in [3.05, 3.63) is 35.9 Å². The Morgan fingerprint density at radius 1 is 1.35 bits per heavy atom. The second kappa shape index (κ2) is 6.26. The predicted octanol–water partition coefficient (Wildman–Crippen LogP) is 2.49. The number of benzene rings is 1. The number of nitrogens with zero attached hydrogens (tertiary/aromatic N) is 2. The number of halogens is 1. The summed E-state index contributed by atoms with van der Waals surface area (Å²) >= 11 is 5.97. The molecule has 0 radical (unpaired) electrons. The SMILES string of the molecule is CC1=CC(=Nc2ccc(N3CCC(O)C3)cc2)C(=N)C(Cl)C1=O. The number of nitrogens with one attached hydrogen (secondary N) is 1. The van der Waals surface area contributed by atoms with Crippen LogP contribution in [0, 0.1) is 5.41 Å². The van der Waals surface area contributed by atoms with Gasteiger partial charge in [-0.2, -0.15) is 0 Å². The average Bonchev–Trinajstić information content (AvgIpc) is 2.98. The number of allylic oxidation sites excluding steroid dienone is 2. The molecule has 2 unspecified atom stereocenters. The highest BCUT2D eigenvalue weighted by atomic mass is 35.5. The Bertz CT molecular complexity index is 709. The number of aliphatic hydroxyl groups is 1. The highest BCUT2D eigenvalue weighted by Crippen LogP contribution is 2.25. The van der Waals surface area contributed by atoms with Crippen LogP contribution in [0.15, 0.2) is 40.9 Å². The third kappa shape index (κ3) is 3.21. The third-order valence-corrected chi connectivity index (χ3v) is 4.55. The molecule has 1 fully saturated rings. The molecule has 120 valence electrons. The van der Waals surface area contributed by atoms with Gasteiger partial charge in [-0.05, 0) is 49.3 Å². The molecule has 0 saturated carbocycles. The molecule has 6 heteroatoms. The summed E-state index contributed by atoms with van der Waals surface area (Å²) in [5.41, 5.74) is 2.72. The van der Waals surface area contributed by atoms with Gasteiger partial charge in [0.2, 0.25) is 0 Å². The lowest BCUT2D eigenvalue weighted by atomic mass is 9.95. The second-order valence-corrected chi connectivity index (χ2v) is 6.31. The number of β-amino-alcohol motifs (C(OH)–C–C–N with tert-alkyl or cyclic N) is 1. The van der Waals surface area contributed by atoms with Gasteiger partial charge in [0.15, 0.2) is 5.78 Å². The van der Waals surface area contributed by atoms with Gasteiger partial charge in [-0.15, -0.1) is 11.6 Å². The van der Waals surface area contributed by atoms with Crippen molar-refractivity contribution in [3.8, 4) is 0 Å². The van der Waals surface area contributed by atoms with E-state index < -0.39 is 5.38 Å². The molecule has 0 amide bonds.